The molecule has 2 N–H and O–H groups in total. The molecule has 1 aromatic carbocycles. The second-order valence-corrected chi connectivity index (χ2v) is 7.07. The predicted octanol–water partition coefficient (Wildman–Crippen LogP) is 4.35. The van der Waals surface area contributed by atoms with Gasteiger partial charge in [-0.2, -0.15) is 0 Å². The zero-order valence-electron chi connectivity index (χ0n) is 14.3. The Balaban J connectivity index is 2.82. The van der Waals surface area contributed by atoms with Crippen LogP contribution in [0.1, 0.15) is 32.8 Å². The summed E-state index contributed by atoms with van der Waals surface area (Å²) in [6, 6.07) is 5.37. The summed E-state index contributed by atoms with van der Waals surface area (Å²) in [6.45, 7) is 9.07. The van der Waals surface area contributed by atoms with Crippen molar-refractivity contribution in [3.63, 3.8) is 0 Å². The molecular formula is C17H24BrFN2O3. The lowest BCUT2D eigenvalue weighted by Crippen LogP contribution is -2.37. The van der Waals surface area contributed by atoms with Gasteiger partial charge in [0.15, 0.2) is 0 Å². The molecule has 0 heterocycles. The first-order chi connectivity index (χ1) is 11.1. The molecule has 5 nitrogen and oxygen atoms in total. The van der Waals surface area contributed by atoms with Gasteiger partial charge in [0.1, 0.15) is 17.2 Å². The molecule has 0 aliphatic rings. The normalized spacial score (nSPS) is 11.0. The Bertz CT molecular complexity index is 588. The van der Waals surface area contributed by atoms with Gasteiger partial charge in [-0.1, -0.05) is 12.6 Å². The molecule has 0 aliphatic heterocycles. The molecule has 24 heavy (non-hydrogen) atoms. The second kappa shape index (κ2) is 8.92. The Labute approximate surface area is 150 Å². The van der Waals surface area contributed by atoms with Gasteiger partial charge in [0.05, 0.1) is 24.3 Å². The molecule has 0 bridgehead atoms. The third-order valence-electron chi connectivity index (χ3n) is 2.83. The van der Waals surface area contributed by atoms with Gasteiger partial charge in [-0.3, -0.25) is 9.29 Å². The van der Waals surface area contributed by atoms with Crippen LogP contribution in [0.2, 0.25) is 0 Å². The Kier molecular flexibility index (Phi) is 7.54. The number of hydrogen-bond acceptors (Lipinski definition) is 4. The molecule has 0 aliphatic carbocycles. The van der Waals surface area contributed by atoms with E-state index in [1.807, 2.05) is 6.07 Å². The first-order valence-electron chi connectivity index (χ1n) is 7.56. The van der Waals surface area contributed by atoms with E-state index in [0.29, 0.717) is 23.2 Å². The van der Waals surface area contributed by atoms with E-state index in [0.717, 1.165) is 5.56 Å². The third-order valence-corrected chi connectivity index (χ3v) is 3.45. The Hall–Kier alpha value is -1.76. The van der Waals surface area contributed by atoms with Crippen LogP contribution in [0.5, 0.6) is 5.75 Å². The summed E-state index contributed by atoms with van der Waals surface area (Å²) in [5, 5.41) is 0. The molecule has 0 spiro atoms. The number of halogens is 2. The fourth-order valence-corrected chi connectivity index (χ4v) is 2.32. The van der Waals surface area contributed by atoms with E-state index in [1.165, 1.54) is 4.90 Å². The van der Waals surface area contributed by atoms with Crippen LogP contribution in [-0.2, 0) is 11.3 Å². The molecule has 0 fully saturated rings. The SMILES string of the molecule is C=C(N)N(Cc1ccc(OCCCF)c(Br)c1)C(=O)OC(C)(C)C. The van der Waals surface area contributed by atoms with Crippen molar-refractivity contribution in [2.75, 3.05) is 13.3 Å². The molecule has 134 valence electrons. The van der Waals surface area contributed by atoms with E-state index < -0.39 is 18.4 Å². The van der Waals surface area contributed by atoms with Crippen LogP contribution < -0.4 is 10.5 Å². The van der Waals surface area contributed by atoms with Gasteiger partial charge in [-0.15, -0.1) is 0 Å². The van der Waals surface area contributed by atoms with E-state index in [-0.39, 0.29) is 12.4 Å². The number of carbonyl (C=O) groups is 1. The van der Waals surface area contributed by atoms with E-state index >= 15 is 0 Å². The average molecular weight is 403 g/mol. The second-order valence-electron chi connectivity index (χ2n) is 6.21. The van der Waals surface area contributed by atoms with Crippen molar-refractivity contribution >= 4 is 22.0 Å². The highest BCUT2D eigenvalue weighted by Crippen LogP contribution is 2.27. The molecule has 1 rings (SSSR count). The lowest BCUT2D eigenvalue weighted by Gasteiger charge is -2.27. The van der Waals surface area contributed by atoms with Gasteiger partial charge in [0.2, 0.25) is 0 Å². The number of rotatable bonds is 7. The molecule has 0 saturated carbocycles. The maximum atomic E-state index is 12.2. The van der Waals surface area contributed by atoms with Crippen LogP contribution in [0.3, 0.4) is 0 Å². The number of amides is 1. The Morgan fingerprint density at radius 1 is 1.42 bits per heavy atom. The van der Waals surface area contributed by atoms with Gasteiger partial charge in [-0.05, 0) is 54.4 Å². The van der Waals surface area contributed by atoms with Crippen molar-refractivity contribution in [2.24, 2.45) is 5.73 Å². The number of benzene rings is 1. The summed E-state index contributed by atoms with van der Waals surface area (Å²) in [5.41, 5.74) is 5.90. The highest BCUT2D eigenvalue weighted by Gasteiger charge is 2.23. The first-order valence-corrected chi connectivity index (χ1v) is 8.35. The van der Waals surface area contributed by atoms with E-state index in [1.54, 1.807) is 32.9 Å². The largest absolute Gasteiger partial charge is 0.492 e. The fraction of sp³-hybridized carbons (Fsp3) is 0.471. The van der Waals surface area contributed by atoms with Crippen LogP contribution in [0.15, 0.2) is 35.1 Å². The van der Waals surface area contributed by atoms with Gasteiger partial charge in [-0.25, -0.2) is 4.79 Å². The topological polar surface area (TPSA) is 64.8 Å². The Morgan fingerprint density at radius 3 is 2.58 bits per heavy atom. The van der Waals surface area contributed by atoms with Crippen LogP contribution in [0.25, 0.3) is 0 Å². The lowest BCUT2D eigenvalue weighted by molar-refractivity contribution is 0.0299. The standard InChI is InChI=1S/C17H24BrFN2O3/c1-12(20)21(16(22)24-17(2,3)4)11-13-6-7-15(14(18)10-13)23-9-5-8-19/h6-7,10H,1,5,8-9,11,20H2,2-4H3. The van der Waals surface area contributed by atoms with Gasteiger partial charge >= 0.3 is 6.09 Å². The molecule has 0 saturated heterocycles. The maximum absolute atomic E-state index is 12.2. The summed E-state index contributed by atoms with van der Waals surface area (Å²) < 4.78 is 23.6. The van der Waals surface area contributed by atoms with Crippen LogP contribution >= 0.6 is 15.9 Å². The minimum Gasteiger partial charge on any atom is -0.492 e. The minimum atomic E-state index is -0.626. The van der Waals surface area contributed by atoms with Gasteiger partial charge in [0.25, 0.3) is 0 Å². The van der Waals surface area contributed by atoms with Crippen molar-refractivity contribution in [3.05, 3.63) is 40.6 Å². The van der Waals surface area contributed by atoms with Gasteiger partial charge < -0.3 is 15.2 Å². The summed E-state index contributed by atoms with van der Waals surface area (Å²) in [5.74, 6) is 0.714. The zero-order valence-corrected chi connectivity index (χ0v) is 15.9. The summed E-state index contributed by atoms with van der Waals surface area (Å²) in [4.78, 5) is 13.5. The average Bonchev–Trinajstić information content (AvgIpc) is 2.44. The fourth-order valence-electron chi connectivity index (χ4n) is 1.78. The van der Waals surface area contributed by atoms with Crippen LogP contribution in [0.4, 0.5) is 9.18 Å². The molecule has 0 radical (unpaired) electrons. The minimum absolute atomic E-state index is 0.101. The van der Waals surface area contributed by atoms with Crippen molar-refractivity contribution < 1.29 is 18.7 Å². The highest BCUT2D eigenvalue weighted by atomic mass is 79.9. The van der Waals surface area contributed by atoms with Crippen molar-refractivity contribution in [1.29, 1.82) is 0 Å². The van der Waals surface area contributed by atoms with E-state index in [4.69, 9.17) is 15.2 Å². The summed E-state index contributed by atoms with van der Waals surface area (Å²) >= 11 is 3.40. The predicted molar refractivity (Wildman–Crippen MR) is 95.3 cm³/mol. The Morgan fingerprint density at radius 2 is 2.08 bits per heavy atom. The van der Waals surface area contributed by atoms with Crippen LogP contribution in [-0.4, -0.2) is 29.9 Å². The molecule has 1 amide bonds. The number of carbonyl (C=O) groups excluding carboxylic acids is 1. The van der Waals surface area contributed by atoms with E-state index in [2.05, 4.69) is 22.5 Å². The monoisotopic (exact) mass is 402 g/mol. The van der Waals surface area contributed by atoms with E-state index in [9.17, 15) is 9.18 Å². The molecular weight excluding hydrogens is 379 g/mol. The van der Waals surface area contributed by atoms with Crippen molar-refractivity contribution in [2.45, 2.75) is 39.3 Å². The number of hydrogen-bond donors (Lipinski definition) is 1. The molecule has 0 aromatic heterocycles. The van der Waals surface area contributed by atoms with Crippen molar-refractivity contribution in [1.82, 2.24) is 4.90 Å². The summed E-state index contributed by atoms with van der Waals surface area (Å²) in [6.07, 6.45) is -0.220. The van der Waals surface area contributed by atoms with Crippen molar-refractivity contribution in [3.8, 4) is 5.75 Å². The third kappa shape index (κ3) is 6.78. The van der Waals surface area contributed by atoms with Gasteiger partial charge in [0, 0.05) is 6.42 Å². The smallest absolute Gasteiger partial charge is 0.416 e. The number of nitrogens with zero attached hydrogens (tertiary/aromatic N) is 1. The number of nitrogens with two attached hydrogens (primary N) is 1. The highest BCUT2D eigenvalue weighted by molar-refractivity contribution is 9.10. The molecule has 0 atom stereocenters. The summed E-state index contributed by atoms with van der Waals surface area (Å²) in [7, 11) is 0. The molecule has 1 aromatic rings. The van der Waals surface area contributed by atoms with Crippen LogP contribution in [0, 0.1) is 0 Å². The number of alkyl halides is 1. The molecule has 0 unspecified atom stereocenters. The maximum Gasteiger partial charge on any atom is 0.416 e. The number of ether oxygens (including phenoxy) is 2. The molecule has 7 heteroatoms. The first kappa shape index (κ1) is 20.3. The lowest BCUT2D eigenvalue weighted by atomic mass is 10.2. The quantitative estimate of drug-likeness (QED) is 0.688. The zero-order chi connectivity index (χ0) is 18.3.